The molecule has 1 atom stereocenters. The molecule has 1 fully saturated rings. The molecule has 1 aromatic heterocycles. The van der Waals surface area contributed by atoms with Crippen molar-refractivity contribution >= 4 is 28.8 Å². The first-order chi connectivity index (χ1) is 12.8. The van der Waals surface area contributed by atoms with Crippen LogP contribution in [-0.4, -0.2) is 35.0 Å². The van der Waals surface area contributed by atoms with Gasteiger partial charge in [0, 0.05) is 16.9 Å². The number of esters is 1. The van der Waals surface area contributed by atoms with E-state index in [-0.39, 0.29) is 11.7 Å². The summed E-state index contributed by atoms with van der Waals surface area (Å²) in [6, 6.07) is 5.25. The zero-order valence-corrected chi connectivity index (χ0v) is 15.8. The number of hydrogen-bond donors (Lipinski definition) is 3. The lowest BCUT2D eigenvalue weighted by molar-refractivity contribution is -0.127. The maximum Gasteiger partial charge on any atom is 0.355 e. The summed E-state index contributed by atoms with van der Waals surface area (Å²) in [5.74, 6) is -1.29. The van der Waals surface area contributed by atoms with E-state index in [4.69, 9.17) is 4.74 Å². The molecule has 1 aromatic carbocycles. The number of aromatic nitrogens is 1. The summed E-state index contributed by atoms with van der Waals surface area (Å²) < 4.78 is 5.21. The molecule has 144 valence electrons. The minimum atomic E-state index is -1.08. The topological polar surface area (TPSA) is 100 Å². The number of benzene rings is 1. The van der Waals surface area contributed by atoms with Gasteiger partial charge >= 0.3 is 12.0 Å². The molecule has 3 amide bonds. The van der Waals surface area contributed by atoms with Crippen molar-refractivity contribution in [3.63, 3.8) is 0 Å². The first-order valence-electron chi connectivity index (χ1n) is 9.26. The van der Waals surface area contributed by atoms with Crippen molar-refractivity contribution in [1.29, 1.82) is 0 Å². The van der Waals surface area contributed by atoms with Crippen LogP contribution in [0.3, 0.4) is 0 Å². The molecule has 1 saturated carbocycles. The third-order valence-electron chi connectivity index (χ3n) is 4.89. The van der Waals surface area contributed by atoms with E-state index in [1.165, 1.54) is 6.92 Å². The Kier molecular flexibility index (Phi) is 5.48. The van der Waals surface area contributed by atoms with Crippen LogP contribution in [0.15, 0.2) is 18.2 Å². The molecule has 2 aromatic rings. The quantitative estimate of drug-likeness (QED) is 0.719. The standard InChI is InChI=1S/C20H25N3O4/c1-11-8-12(2)15-10-17(22-16(15)9-11)19(25)27-13(3)18(24)23-20(26)21-14-6-4-5-7-14/h8-10,13-14,22H,4-7H2,1-3H3,(H2,21,23,24,26). The molecule has 7 nitrogen and oxygen atoms in total. The number of imide groups is 1. The predicted molar refractivity (Wildman–Crippen MR) is 102 cm³/mol. The smallest absolute Gasteiger partial charge is 0.355 e. The van der Waals surface area contributed by atoms with Gasteiger partial charge in [0.05, 0.1) is 0 Å². The molecule has 0 bridgehead atoms. The molecule has 7 heteroatoms. The van der Waals surface area contributed by atoms with Crippen molar-refractivity contribution in [1.82, 2.24) is 15.6 Å². The highest BCUT2D eigenvalue weighted by Crippen LogP contribution is 2.22. The van der Waals surface area contributed by atoms with Crippen LogP contribution in [0.5, 0.6) is 0 Å². The number of urea groups is 1. The minimum Gasteiger partial charge on any atom is -0.448 e. The highest BCUT2D eigenvalue weighted by Gasteiger charge is 2.24. The molecule has 1 aliphatic carbocycles. The average Bonchev–Trinajstić information content (AvgIpc) is 3.23. The molecule has 0 spiro atoms. The van der Waals surface area contributed by atoms with Gasteiger partial charge in [-0.3, -0.25) is 10.1 Å². The Hall–Kier alpha value is -2.83. The Morgan fingerprint density at radius 1 is 1.15 bits per heavy atom. The van der Waals surface area contributed by atoms with Crippen LogP contribution < -0.4 is 10.6 Å². The third kappa shape index (κ3) is 4.48. The third-order valence-corrected chi connectivity index (χ3v) is 4.89. The molecule has 1 heterocycles. The zero-order valence-electron chi connectivity index (χ0n) is 15.8. The van der Waals surface area contributed by atoms with Gasteiger partial charge in [-0.2, -0.15) is 0 Å². The Morgan fingerprint density at radius 2 is 1.85 bits per heavy atom. The molecular weight excluding hydrogens is 346 g/mol. The Bertz CT molecular complexity index is 881. The second-order valence-corrected chi connectivity index (χ2v) is 7.22. The summed E-state index contributed by atoms with van der Waals surface area (Å²) in [4.78, 5) is 39.4. The van der Waals surface area contributed by atoms with Gasteiger partial charge in [0.2, 0.25) is 0 Å². The first-order valence-corrected chi connectivity index (χ1v) is 9.26. The molecule has 1 unspecified atom stereocenters. The molecule has 0 radical (unpaired) electrons. The second-order valence-electron chi connectivity index (χ2n) is 7.22. The molecule has 1 aliphatic rings. The van der Waals surface area contributed by atoms with Crippen LogP contribution in [0, 0.1) is 13.8 Å². The molecule has 0 aliphatic heterocycles. The number of carbonyl (C=O) groups excluding carboxylic acids is 3. The van der Waals surface area contributed by atoms with Crippen molar-refractivity contribution in [3.8, 4) is 0 Å². The number of aromatic amines is 1. The number of rotatable bonds is 4. The summed E-state index contributed by atoms with van der Waals surface area (Å²) in [6.45, 7) is 5.39. The maximum absolute atomic E-state index is 12.4. The van der Waals surface area contributed by atoms with E-state index in [9.17, 15) is 14.4 Å². The number of nitrogens with one attached hydrogen (secondary N) is 3. The van der Waals surface area contributed by atoms with E-state index in [2.05, 4.69) is 15.6 Å². The number of H-pyrrole nitrogens is 1. The number of ether oxygens (including phenoxy) is 1. The van der Waals surface area contributed by atoms with E-state index in [1.54, 1.807) is 6.07 Å². The average molecular weight is 371 g/mol. The molecular formula is C20H25N3O4. The Balaban J connectivity index is 1.58. The minimum absolute atomic E-state index is 0.105. The zero-order chi connectivity index (χ0) is 19.6. The van der Waals surface area contributed by atoms with Gasteiger partial charge in [0.25, 0.3) is 5.91 Å². The van der Waals surface area contributed by atoms with Crippen molar-refractivity contribution in [2.24, 2.45) is 0 Å². The van der Waals surface area contributed by atoms with Crippen LogP contribution in [0.2, 0.25) is 0 Å². The summed E-state index contributed by atoms with van der Waals surface area (Å²) in [7, 11) is 0. The second kappa shape index (κ2) is 7.82. The van der Waals surface area contributed by atoms with Crippen molar-refractivity contribution in [2.75, 3.05) is 0 Å². The van der Waals surface area contributed by atoms with Gasteiger partial charge in [0.1, 0.15) is 5.69 Å². The summed E-state index contributed by atoms with van der Waals surface area (Å²) >= 11 is 0. The van der Waals surface area contributed by atoms with Crippen LogP contribution in [-0.2, 0) is 9.53 Å². The maximum atomic E-state index is 12.4. The molecule has 3 rings (SSSR count). The number of hydrogen-bond acceptors (Lipinski definition) is 4. The lowest BCUT2D eigenvalue weighted by atomic mass is 10.1. The van der Waals surface area contributed by atoms with Gasteiger partial charge in [-0.25, -0.2) is 9.59 Å². The lowest BCUT2D eigenvalue weighted by Crippen LogP contribution is -2.47. The van der Waals surface area contributed by atoms with Crippen LogP contribution in [0.4, 0.5) is 4.79 Å². The molecule has 0 saturated heterocycles. The predicted octanol–water partition coefficient (Wildman–Crippen LogP) is 3.10. The molecule has 27 heavy (non-hydrogen) atoms. The summed E-state index contributed by atoms with van der Waals surface area (Å²) in [5, 5.41) is 5.92. The number of fused-ring (bicyclic) bond motifs is 1. The van der Waals surface area contributed by atoms with E-state index < -0.39 is 24.0 Å². The normalized spacial score (nSPS) is 15.5. The van der Waals surface area contributed by atoms with Crippen molar-refractivity contribution < 1.29 is 19.1 Å². The van der Waals surface area contributed by atoms with Crippen LogP contribution >= 0.6 is 0 Å². The van der Waals surface area contributed by atoms with Gasteiger partial charge in [-0.15, -0.1) is 0 Å². The fourth-order valence-corrected chi connectivity index (χ4v) is 3.49. The van der Waals surface area contributed by atoms with Gasteiger partial charge in [-0.05, 0) is 56.9 Å². The SMILES string of the molecule is Cc1cc(C)c2cc(C(=O)OC(C)C(=O)NC(=O)NC3CCCC3)[nH]c2c1. The fraction of sp³-hybridized carbons (Fsp3) is 0.450. The number of aryl methyl sites for hydroxylation is 2. The van der Waals surface area contributed by atoms with E-state index in [0.29, 0.717) is 0 Å². The van der Waals surface area contributed by atoms with E-state index in [1.807, 2.05) is 26.0 Å². The van der Waals surface area contributed by atoms with Crippen LogP contribution in [0.25, 0.3) is 10.9 Å². The van der Waals surface area contributed by atoms with Gasteiger partial charge in [-0.1, -0.05) is 18.9 Å². The number of carbonyl (C=O) groups is 3. The fourth-order valence-electron chi connectivity index (χ4n) is 3.49. The largest absolute Gasteiger partial charge is 0.448 e. The van der Waals surface area contributed by atoms with E-state index in [0.717, 1.165) is 47.7 Å². The van der Waals surface area contributed by atoms with Gasteiger partial charge in [0.15, 0.2) is 6.10 Å². The highest BCUT2D eigenvalue weighted by atomic mass is 16.5. The Morgan fingerprint density at radius 3 is 2.56 bits per heavy atom. The summed E-state index contributed by atoms with van der Waals surface area (Å²) in [5.41, 5.74) is 3.25. The first kappa shape index (κ1) is 18.9. The van der Waals surface area contributed by atoms with Crippen LogP contribution in [0.1, 0.15) is 54.2 Å². The van der Waals surface area contributed by atoms with Gasteiger partial charge < -0.3 is 15.0 Å². The monoisotopic (exact) mass is 371 g/mol. The van der Waals surface area contributed by atoms with Crippen molar-refractivity contribution in [2.45, 2.75) is 58.6 Å². The van der Waals surface area contributed by atoms with Crippen molar-refractivity contribution in [3.05, 3.63) is 35.0 Å². The highest BCUT2D eigenvalue weighted by molar-refractivity contribution is 6.00. The Labute approximate surface area is 157 Å². The van der Waals surface area contributed by atoms with E-state index >= 15 is 0 Å². The number of amides is 3. The summed E-state index contributed by atoms with van der Waals surface area (Å²) in [6.07, 6.45) is 2.92. The molecule has 3 N–H and O–H groups in total. The lowest BCUT2D eigenvalue weighted by Gasteiger charge is -2.15.